The fourth-order valence-electron chi connectivity index (χ4n) is 6.80. The van der Waals surface area contributed by atoms with E-state index < -0.39 is 0 Å². The van der Waals surface area contributed by atoms with Crippen LogP contribution in [0, 0.1) is 36.1 Å². The normalized spacial score (nSPS) is 19.7. The van der Waals surface area contributed by atoms with Crippen LogP contribution in [-0.2, 0) is 6.42 Å². The molecule has 1 saturated heterocycles. The second-order valence-corrected chi connectivity index (χ2v) is 14.0. The number of likely N-dealkylation sites (tertiary alicyclic amines) is 1. The first kappa shape index (κ1) is 32.8. The van der Waals surface area contributed by atoms with Crippen molar-refractivity contribution in [1.82, 2.24) is 4.90 Å². The van der Waals surface area contributed by atoms with Crippen molar-refractivity contribution in [3.63, 3.8) is 0 Å². The molecule has 1 aliphatic heterocycles. The number of hydrogen-bond acceptors (Lipinski definition) is 2. The third kappa shape index (κ3) is 7.51. The maximum atomic E-state index is 15.8. The lowest BCUT2D eigenvalue weighted by Gasteiger charge is -2.44. The molecule has 1 fully saturated rings. The summed E-state index contributed by atoms with van der Waals surface area (Å²) >= 11 is 6.36. The van der Waals surface area contributed by atoms with Gasteiger partial charge in [0.1, 0.15) is 11.7 Å². The van der Waals surface area contributed by atoms with E-state index in [0.717, 1.165) is 29.7 Å². The molecule has 3 aromatic carbocycles. The Kier molecular flexibility index (Phi) is 10.4. The highest BCUT2D eigenvalue weighted by Gasteiger charge is 2.50. The van der Waals surface area contributed by atoms with Gasteiger partial charge in [0.05, 0.1) is 11.2 Å². The molecule has 4 unspecified atom stereocenters. The van der Waals surface area contributed by atoms with Gasteiger partial charge in [-0.15, -0.1) is 0 Å². The molecule has 43 heavy (non-hydrogen) atoms. The van der Waals surface area contributed by atoms with Crippen molar-refractivity contribution in [3.8, 4) is 6.07 Å². The first-order valence-corrected chi connectivity index (χ1v) is 15.9. The maximum Gasteiger partial charge on any atom is 0.340 e. The van der Waals surface area contributed by atoms with Crippen molar-refractivity contribution in [2.45, 2.75) is 79.4 Å². The molecule has 4 atom stereocenters. The van der Waals surface area contributed by atoms with Gasteiger partial charge in [-0.3, -0.25) is 4.90 Å². The van der Waals surface area contributed by atoms with Gasteiger partial charge in [0.2, 0.25) is 0 Å². The van der Waals surface area contributed by atoms with E-state index in [4.69, 9.17) is 16.4 Å². The van der Waals surface area contributed by atoms with Crippen molar-refractivity contribution in [2.24, 2.45) is 17.3 Å². The molecular formula is C38H48ClFN3+. The number of rotatable bonds is 8. The van der Waals surface area contributed by atoms with Gasteiger partial charge in [-0.05, 0) is 76.4 Å². The van der Waals surface area contributed by atoms with E-state index in [0.29, 0.717) is 18.0 Å². The van der Waals surface area contributed by atoms with Crippen LogP contribution in [0.4, 0.5) is 15.8 Å². The smallest absolute Gasteiger partial charge is 0.340 e. The second kappa shape index (κ2) is 13.7. The summed E-state index contributed by atoms with van der Waals surface area (Å²) in [6, 6.07) is 23.8. The highest BCUT2D eigenvalue weighted by molar-refractivity contribution is 6.30. The maximum absolute atomic E-state index is 15.8. The summed E-state index contributed by atoms with van der Waals surface area (Å²) in [4.78, 5) is 9.92. The molecule has 0 radical (unpaired) electrons. The highest BCUT2D eigenvalue weighted by atomic mass is 35.5. The monoisotopic (exact) mass is 600 g/mol. The zero-order valence-corrected chi connectivity index (χ0v) is 27.9. The van der Waals surface area contributed by atoms with Gasteiger partial charge in [0, 0.05) is 43.4 Å². The second-order valence-electron chi connectivity index (χ2n) is 13.6. The quantitative estimate of drug-likeness (QED) is 0.255. The van der Waals surface area contributed by atoms with E-state index in [9.17, 15) is 0 Å². The summed E-state index contributed by atoms with van der Waals surface area (Å²) in [5.74, 6) is -0.316. The largest absolute Gasteiger partial charge is 0.358 e. The fourth-order valence-corrected chi connectivity index (χ4v) is 6.98. The van der Waals surface area contributed by atoms with Crippen LogP contribution in [0.3, 0.4) is 0 Å². The first-order chi connectivity index (χ1) is 20.3. The Balaban J connectivity index is 1.88. The Morgan fingerprint density at radius 1 is 1.14 bits per heavy atom. The Hall–Kier alpha value is -3.13. The van der Waals surface area contributed by atoms with E-state index in [1.807, 2.05) is 30.3 Å². The fraction of sp³-hybridized carbons (Fsp3) is 0.447. The lowest BCUT2D eigenvalue weighted by molar-refractivity contribution is 0.102. The van der Waals surface area contributed by atoms with Crippen LogP contribution in [-0.4, -0.2) is 30.7 Å². The summed E-state index contributed by atoms with van der Waals surface area (Å²) in [6.45, 7) is 20.3. The molecule has 0 aliphatic carbocycles. The minimum absolute atomic E-state index is 0.0360. The molecule has 3 nitrogen and oxygen atoms in total. The van der Waals surface area contributed by atoms with Crippen molar-refractivity contribution in [3.05, 3.63) is 105 Å². The number of anilines is 1. The van der Waals surface area contributed by atoms with Crippen LogP contribution in [0.2, 0.25) is 5.02 Å². The summed E-state index contributed by atoms with van der Waals surface area (Å²) in [6.07, 6.45) is 3.82. The summed E-state index contributed by atoms with van der Waals surface area (Å²) in [5.41, 5.74) is 6.32. The zero-order valence-electron chi connectivity index (χ0n) is 27.2. The molecule has 0 N–H and O–H groups in total. The van der Waals surface area contributed by atoms with Gasteiger partial charge in [-0.2, -0.15) is 0 Å². The molecule has 4 rings (SSSR count). The summed E-state index contributed by atoms with van der Waals surface area (Å²) in [5, 5.41) is 0.158. The van der Waals surface area contributed by atoms with Crippen molar-refractivity contribution < 1.29 is 4.39 Å². The van der Waals surface area contributed by atoms with Gasteiger partial charge in [0.15, 0.2) is 0 Å². The molecule has 0 spiro atoms. The zero-order chi connectivity index (χ0) is 31.5. The molecule has 0 amide bonds. The predicted octanol–water partition coefficient (Wildman–Crippen LogP) is 10.6. The first-order valence-electron chi connectivity index (χ1n) is 15.5. The van der Waals surface area contributed by atoms with Crippen molar-refractivity contribution in [1.29, 1.82) is 0 Å². The number of aryl methyl sites for hydroxylation is 2. The van der Waals surface area contributed by atoms with Gasteiger partial charge in [-0.1, -0.05) is 96.1 Å². The van der Waals surface area contributed by atoms with Crippen LogP contribution < -0.4 is 4.90 Å². The van der Waals surface area contributed by atoms with E-state index in [-0.39, 0.29) is 40.3 Å². The minimum atomic E-state index is -0.337. The summed E-state index contributed by atoms with van der Waals surface area (Å²) in [7, 11) is 2.20. The summed E-state index contributed by atoms with van der Waals surface area (Å²) < 4.78 is 15.8. The molecule has 0 aromatic heterocycles. The van der Waals surface area contributed by atoms with E-state index >= 15 is 4.39 Å². The molecule has 1 aliphatic rings. The molecule has 1 heterocycles. The molecular weight excluding hydrogens is 553 g/mol. The minimum Gasteiger partial charge on any atom is -0.358 e. The van der Waals surface area contributed by atoms with Crippen LogP contribution in [0.1, 0.15) is 76.1 Å². The van der Waals surface area contributed by atoms with E-state index in [1.165, 1.54) is 11.3 Å². The molecule has 0 bridgehead atoms. The van der Waals surface area contributed by atoms with Crippen LogP contribution in [0.15, 0.2) is 67.2 Å². The topological polar surface area (TPSA) is 10.8 Å². The molecule has 228 valence electrons. The van der Waals surface area contributed by atoms with Gasteiger partial charge >= 0.3 is 5.69 Å². The number of nitrogens with zero attached hydrogens (tertiary/aromatic N) is 3. The van der Waals surface area contributed by atoms with E-state index in [2.05, 4.69) is 108 Å². The van der Waals surface area contributed by atoms with Crippen LogP contribution in [0.5, 0.6) is 0 Å². The SMILES string of the molecule is C=Cc1ccc(N(C)C(C(C)C)N2CC(c3cccc(Cl)c3F)C(C#[N+]c3cccc(C)c3)C2CC(C)(C)C)c(CC)c1. The Morgan fingerprint density at radius 2 is 1.86 bits per heavy atom. The highest BCUT2D eigenvalue weighted by Crippen LogP contribution is 2.46. The van der Waals surface area contributed by atoms with Gasteiger partial charge < -0.3 is 4.90 Å². The Labute approximate surface area is 264 Å². The number of hydrogen-bond donors (Lipinski definition) is 0. The Morgan fingerprint density at radius 3 is 2.49 bits per heavy atom. The van der Waals surface area contributed by atoms with Crippen molar-refractivity contribution in [2.75, 3.05) is 18.5 Å². The van der Waals surface area contributed by atoms with Crippen LogP contribution >= 0.6 is 11.6 Å². The van der Waals surface area contributed by atoms with Gasteiger partial charge in [0.25, 0.3) is 6.07 Å². The molecule has 5 heteroatoms. The van der Waals surface area contributed by atoms with E-state index in [1.54, 1.807) is 6.07 Å². The number of halogens is 2. The molecule has 3 aromatic rings. The lowest BCUT2D eigenvalue weighted by atomic mass is 9.79. The average molecular weight is 601 g/mol. The Bertz CT molecular complexity index is 1500. The standard InChI is InChI=1S/C38H48ClFN3/c1-10-27-18-19-34(28(11-2)21-27)42(9)37(25(3)4)43-24-32(30-16-13-17-33(39)36(30)40)31(35(43)22-38(6,7)8)23-41-29-15-12-14-26(5)20-29/h10,12-21,25,31-32,35,37H,1,11,22,24H2,2-9H3/q+1. The van der Waals surface area contributed by atoms with Crippen molar-refractivity contribution >= 4 is 29.1 Å². The third-order valence-corrected chi connectivity index (χ3v) is 8.95. The third-order valence-electron chi connectivity index (χ3n) is 8.66. The molecule has 0 saturated carbocycles. The van der Waals surface area contributed by atoms with Crippen LogP contribution in [0.25, 0.3) is 10.9 Å². The predicted molar refractivity (Wildman–Crippen MR) is 183 cm³/mol. The lowest BCUT2D eigenvalue weighted by Crippen LogP contribution is -2.53. The van der Waals surface area contributed by atoms with Gasteiger partial charge in [-0.25, -0.2) is 4.39 Å². The average Bonchev–Trinajstić information content (AvgIpc) is 3.28. The number of benzene rings is 3.